The lowest BCUT2D eigenvalue weighted by Crippen LogP contribution is -2.60. The van der Waals surface area contributed by atoms with Gasteiger partial charge in [0.2, 0.25) is 11.8 Å². The summed E-state index contributed by atoms with van der Waals surface area (Å²) >= 11 is 21.9. The molecule has 6 atom stereocenters. The second-order valence-electron chi connectivity index (χ2n) is 13.4. The van der Waals surface area contributed by atoms with Gasteiger partial charge in [-0.3, -0.25) is 24.1 Å². The third kappa shape index (κ3) is 5.20. The van der Waals surface area contributed by atoms with E-state index in [-0.39, 0.29) is 40.4 Å². The van der Waals surface area contributed by atoms with Crippen molar-refractivity contribution in [1.29, 1.82) is 0 Å². The zero-order chi connectivity index (χ0) is 37.6. The monoisotopic (exact) mass is 881 g/mol. The smallest absolute Gasteiger partial charge is 0.258 e. The second kappa shape index (κ2) is 13.0. The summed E-state index contributed by atoms with van der Waals surface area (Å²) in [5.41, 5.74) is 2.98. The molecule has 0 spiro atoms. The van der Waals surface area contributed by atoms with Gasteiger partial charge in [0, 0.05) is 21.8 Å². The highest BCUT2D eigenvalue weighted by Gasteiger charge is 2.77. The van der Waals surface area contributed by atoms with Gasteiger partial charge < -0.3 is 15.2 Å². The maximum atomic E-state index is 14.7. The number of amides is 4. The van der Waals surface area contributed by atoms with Crippen LogP contribution in [0.1, 0.15) is 24.3 Å². The standard InChI is InChI=1S/C39H28Br2Cl2FN3O6/c1-53-28-17-26(31(40)32(41)33(28)48)30-24-15-16-25-29(35(50)46(34(25)49)22-13-9-21(10-14-22)45-20-5-3-2-4-6-20)27(24)18-38(42)36(51)47(37(52)39(30,38)43)23-11-7-19(44)8-12-23/h2-15,17,25,27,29-30,45,48H,16,18H2,1H3. The van der Waals surface area contributed by atoms with Gasteiger partial charge in [-0.2, -0.15) is 0 Å². The minimum Gasteiger partial charge on any atom is -0.503 e. The van der Waals surface area contributed by atoms with Crippen LogP contribution < -0.4 is 19.9 Å². The molecule has 14 heteroatoms. The Balaban J connectivity index is 1.24. The summed E-state index contributed by atoms with van der Waals surface area (Å²) in [6.45, 7) is 0. The van der Waals surface area contributed by atoms with E-state index in [4.69, 9.17) is 27.9 Å². The van der Waals surface area contributed by atoms with E-state index in [2.05, 4.69) is 37.2 Å². The molecule has 8 rings (SSSR count). The summed E-state index contributed by atoms with van der Waals surface area (Å²) in [6, 6.07) is 22.8. The molecule has 4 amide bonds. The number of carbonyl (C=O) groups is 4. The fourth-order valence-electron chi connectivity index (χ4n) is 8.36. The van der Waals surface area contributed by atoms with Crippen molar-refractivity contribution >= 4 is 101 Å². The van der Waals surface area contributed by atoms with Crippen molar-refractivity contribution in [1.82, 2.24) is 0 Å². The first kappa shape index (κ1) is 35.8. The van der Waals surface area contributed by atoms with Gasteiger partial charge in [-0.1, -0.05) is 29.8 Å². The lowest BCUT2D eigenvalue weighted by molar-refractivity contribution is -0.125. The fourth-order valence-corrected chi connectivity index (χ4v) is 10.2. The summed E-state index contributed by atoms with van der Waals surface area (Å²) in [4.78, 5) is 55.6. The predicted octanol–water partition coefficient (Wildman–Crippen LogP) is 8.58. The molecule has 270 valence electrons. The average Bonchev–Trinajstić information content (AvgIpc) is 3.50. The molecule has 0 bridgehead atoms. The summed E-state index contributed by atoms with van der Waals surface area (Å²) < 4.78 is 20.0. The Labute approximate surface area is 329 Å². The van der Waals surface area contributed by atoms with Crippen molar-refractivity contribution in [2.45, 2.75) is 28.5 Å². The van der Waals surface area contributed by atoms with Crippen LogP contribution in [0.3, 0.4) is 0 Å². The fraction of sp³-hybridized carbons (Fsp3) is 0.231. The number of benzene rings is 4. The van der Waals surface area contributed by atoms with Crippen molar-refractivity contribution in [3.05, 3.63) is 117 Å². The molecule has 2 N–H and O–H groups in total. The number of alkyl halides is 2. The zero-order valence-electron chi connectivity index (χ0n) is 27.7. The Kier molecular flexibility index (Phi) is 8.75. The number of nitrogens with zero attached hydrogens (tertiary/aromatic N) is 2. The maximum Gasteiger partial charge on any atom is 0.258 e. The highest BCUT2D eigenvalue weighted by molar-refractivity contribution is 9.13. The molecular formula is C39H28Br2Cl2FN3O6. The van der Waals surface area contributed by atoms with E-state index >= 15 is 0 Å². The quantitative estimate of drug-likeness (QED) is 0.113. The molecule has 4 aromatic rings. The number of aromatic hydroxyl groups is 1. The van der Waals surface area contributed by atoms with E-state index in [1.807, 2.05) is 36.4 Å². The number of methoxy groups -OCH3 is 1. The van der Waals surface area contributed by atoms with Crippen LogP contribution >= 0.6 is 55.1 Å². The number of fused-ring (bicyclic) bond motifs is 4. The Hall–Kier alpha value is -4.23. The molecule has 0 aromatic heterocycles. The van der Waals surface area contributed by atoms with Crippen LogP contribution in [0.5, 0.6) is 11.5 Å². The molecule has 2 heterocycles. The molecule has 3 fully saturated rings. The minimum absolute atomic E-state index is 0.0441. The number of phenolic OH excluding ortho intramolecular Hbond substituents is 1. The van der Waals surface area contributed by atoms with E-state index in [1.165, 1.54) is 30.2 Å². The van der Waals surface area contributed by atoms with E-state index in [9.17, 15) is 28.7 Å². The highest BCUT2D eigenvalue weighted by atomic mass is 79.9. The van der Waals surface area contributed by atoms with Crippen molar-refractivity contribution in [3.63, 3.8) is 0 Å². The van der Waals surface area contributed by atoms with Crippen molar-refractivity contribution in [3.8, 4) is 11.5 Å². The molecule has 4 aromatic carbocycles. The van der Waals surface area contributed by atoms with E-state index < -0.39 is 57.0 Å². The lowest BCUT2D eigenvalue weighted by atomic mass is 9.56. The zero-order valence-corrected chi connectivity index (χ0v) is 32.3. The normalized spacial score (nSPS) is 27.7. The van der Waals surface area contributed by atoms with Crippen LogP contribution in [0.2, 0.25) is 0 Å². The Morgan fingerprint density at radius 2 is 1.45 bits per heavy atom. The average molecular weight is 884 g/mol. The maximum absolute atomic E-state index is 14.7. The van der Waals surface area contributed by atoms with E-state index in [1.54, 1.807) is 24.3 Å². The number of nitrogens with one attached hydrogen (secondary N) is 1. The minimum atomic E-state index is -2.17. The number of hydrogen-bond donors (Lipinski definition) is 2. The third-order valence-electron chi connectivity index (χ3n) is 10.8. The molecular weight excluding hydrogens is 856 g/mol. The number of imide groups is 2. The number of para-hydroxylation sites is 1. The van der Waals surface area contributed by atoms with Gasteiger partial charge in [0.05, 0.1) is 34.8 Å². The Morgan fingerprint density at radius 3 is 2.11 bits per heavy atom. The molecule has 1 saturated carbocycles. The largest absolute Gasteiger partial charge is 0.503 e. The van der Waals surface area contributed by atoms with Gasteiger partial charge in [-0.25, -0.2) is 9.29 Å². The SMILES string of the molecule is COc1cc(C2C3=CCC4C(=O)N(c5ccc(Nc6ccccc6)cc5)C(=O)C4C3CC3(Cl)C(=O)N(c4ccc(F)cc4)C(=O)C23Cl)c(Br)c(Br)c1O. The first-order chi connectivity index (χ1) is 25.3. The molecule has 6 unspecified atom stereocenters. The molecule has 2 saturated heterocycles. The van der Waals surface area contributed by atoms with Gasteiger partial charge in [0.1, 0.15) is 5.82 Å². The van der Waals surface area contributed by atoms with Crippen molar-refractivity contribution in [2.24, 2.45) is 17.8 Å². The van der Waals surface area contributed by atoms with E-state index in [0.717, 1.165) is 28.4 Å². The first-order valence-corrected chi connectivity index (χ1v) is 18.9. The van der Waals surface area contributed by atoms with Crippen LogP contribution in [0.4, 0.5) is 27.1 Å². The summed E-state index contributed by atoms with van der Waals surface area (Å²) in [7, 11) is 1.36. The number of allylic oxidation sites excluding steroid dienone is 2. The van der Waals surface area contributed by atoms with Gasteiger partial charge in [-0.15, -0.1) is 23.2 Å². The number of anilines is 4. The van der Waals surface area contributed by atoms with Gasteiger partial charge in [-0.05, 0) is 123 Å². The second-order valence-corrected chi connectivity index (χ2v) is 16.3. The molecule has 0 radical (unpaired) electrons. The number of hydrogen-bond acceptors (Lipinski definition) is 7. The van der Waals surface area contributed by atoms with Crippen LogP contribution in [-0.4, -0.2) is 45.6 Å². The van der Waals surface area contributed by atoms with Crippen LogP contribution in [0, 0.1) is 23.6 Å². The number of phenols is 1. The molecule has 4 aliphatic rings. The summed E-state index contributed by atoms with van der Waals surface area (Å²) in [5.74, 6) is -6.97. The molecule has 2 aliphatic heterocycles. The number of carbonyl (C=O) groups excluding carboxylic acids is 4. The topological polar surface area (TPSA) is 116 Å². The van der Waals surface area contributed by atoms with Gasteiger partial charge in [0.15, 0.2) is 21.2 Å². The predicted molar refractivity (Wildman–Crippen MR) is 205 cm³/mol. The molecule has 53 heavy (non-hydrogen) atoms. The summed E-state index contributed by atoms with van der Waals surface area (Å²) in [5, 5.41) is 14.1. The number of halogens is 5. The lowest BCUT2D eigenvalue weighted by Gasteiger charge is -2.51. The van der Waals surface area contributed by atoms with Crippen molar-refractivity contribution < 1.29 is 33.4 Å². The Bertz CT molecular complexity index is 2260. The van der Waals surface area contributed by atoms with Gasteiger partial charge in [0.25, 0.3) is 11.8 Å². The molecule has 2 aliphatic carbocycles. The van der Waals surface area contributed by atoms with Crippen LogP contribution in [0.25, 0.3) is 0 Å². The number of rotatable bonds is 6. The van der Waals surface area contributed by atoms with E-state index in [0.29, 0.717) is 21.3 Å². The third-order valence-corrected chi connectivity index (χ3v) is 14.4. The Morgan fingerprint density at radius 1 is 0.830 bits per heavy atom. The van der Waals surface area contributed by atoms with Crippen LogP contribution in [0.15, 0.2) is 106 Å². The highest BCUT2D eigenvalue weighted by Crippen LogP contribution is 2.67. The number of ether oxygens (including phenoxy) is 1. The summed E-state index contributed by atoms with van der Waals surface area (Å²) in [6.07, 6.45) is 1.73. The van der Waals surface area contributed by atoms with Crippen LogP contribution in [-0.2, 0) is 19.2 Å². The molecule has 9 nitrogen and oxygen atoms in total. The first-order valence-electron chi connectivity index (χ1n) is 16.6. The van der Waals surface area contributed by atoms with Crippen molar-refractivity contribution in [2.75, 3.05) is 22.2 Å². The van der Waals surface area contributed by atoms with Gasteiger partial charge >= 0.3 is 0 Å².